The summed E-state index contributed by atoms with van der Waals surface area (Å²) < 4.78 is 0. The monoisotopic (exact) mass is 161 g/mol. The van der Waals surface area contributed by atoms with Crippen molar-refractivity contribution in [2.24, 2.45) is 5.41 Å². The first kappa shape index (κ1) is 10.5. The second kappa shape index (κ2) is 5.16. The molecule has 3 nitrogen and oxygen atoms in total. The summed E-state index contributed by atoms with van der Waals surface area (Å²) in [4.78, 5) is 0. The van der Waals surface area contributed by atoms with Gasteiger partial charge in [-0.2, -0.15) is 15.8 Å². The molecular formula is C9H11N3. The third kappa shape index (κ3) is 3.59. The summed E-state index contributed by atoms with van der Waals surface area (Å²) in [5.74, 6) is 0. The quantitative estimate of drug-likeness (QED) is 0.634. The van der Waals surface area contributed by atoms with Crippen molar-refractivity contribution in [2.45, 2.75) is 32.6 Å². The summed E-state index contributed by atoms with van der Waals surface area (Å²) in [6.45, 7) is 1.79. The van der Waals surface area contributed by atoms with Gasteiger partial charge in [0.1, 0.15) is 0 Å². The molecule has 0 saturated heterocycles. The first-order valence-electron chi connectivity index (χ1n) is 3.84. The van der Waals surface area contributed by atoms with E-state index in [1.165, 1.54) is 0 Å². The summed E-state index contributed by atoms with van der Waals surface area (Å²) in [7, 11) is 0. The molecule has 0 aromatic carbocycles. The van der Waals surface area contributed by atoms with E-state index in [-0.39, 0.29) is 0 Å². The lowest BCUT2D eigenvalue weighted by Crippen LogP contribution is -2.12. The van der Waals surface area contributed by atoms with Crippen molar-refractivity contribution < 1.29 is 0 Å². The van der Waals surface area contributed by atoms with Crippen molar-refractivity contribution in [3.8, 4) is 18.2 Å². The molecule has 0 saturated carbocycles. The van der Waals surface area contributed by atoms with Crippen LogP contribution in [0.25, 0.3) is 0 Å². The fourth-order valence-corrected chi connectivity index (χ4v) is 0.900. The molecule has 0 aromatic rings. The molecule has 0 atom stereocenters. The average Bonchev–Trinajstić information content (AvgIpc) is 2.11. The molecule has 0 radical (unpaired) electrons. The minimum Gasteiger partial charge on any atom is -0.198 e. The highest BCUT2D eigenvalue weighted by Crippen LogP contribution is 2.27. The molecule has 0 bridgehead atoms. The first-order chi connectivity index (χ1) is 5.68. The zero-order chi connectivity index (χ0) is 9.45. The molecule has 0 heterocycles. The zero-order valence-electron chi connectivity index (χ0n) is 7.17. The van der Waals surface area contributed by atoms with Crippen molar-refractivity contribution in [1.82, 2.24) is 0 Å². The van der Waals surface area contributed by atoms with Gasteiger partial charge in [-0.1, -0.05) is 0 Å². The van der Waals surface area contributed by atoms with Crippen LogP contribution in [0.5, 0.6) is 0 Å². The maximum Gasteiger partial charge on any atom is 0.0687 e. The van der Waals surface area contributed by atoms with E-state index in [4.69, 9.17) is 15.8 Å². The van der Waals surface area contributed by atoms with Gasteiger partial charge in [-0.15, -0.1) is 0 Å². The molecule has 0 spiro atoms. The summed E-state index contributed by atoms with van der Waals surface area (Å²) in [5.41, 5.74) is -0.495. The molecule has 12 heavy (non-hydrogen) atoms. The van der Waals surface area contributed by atoms with Crippen LogP contribution in [0.3, 0.4) is 0 Å². The van der Waals surface area contributed by atoms with Crippen LogP contribution in [0.1, 0.15) is 32.6 Å². The second-order valence-electron chi connectivity index (χ2n) is 2.99. The Hall–Kier alpha value is -1.53. The Morgan fingerprint density at radius 3 is 1.67 bits per heavy atom. The van der Waals surface area contributed by atoms with Crippen molar-refractivity contribution in [3.05, 3.63) is 0 Å². The van der Waals surface area contributed by atoms with Gasteiger partial charge in [0.15, 0.2) is 0 Å². The van der Waals surface area contributed by atoms with Crippen LogP contribution in [0.4, 0.5) is 0 Å². The van der Waals surface area contributed by atoms with E-state index in [2.05, 4.69) is 6.07 Å². The molecule has 0 aliphatic carbocycles. The van der Waals surface area contributed by atoms with Crippen LogP contribution in [0.15, 0.2) is 0 Å². The highest BCUT2D eigenvalue weighted by Gasteiger charge is 2.22. The molecule has 0 rings (SSSR count). The summed E-state index contributed by atoms with van der Waals surface area (Å²) in [5, 5.41) is 25.4. The van der Waals surface area contributed by atoms with E-state index < -0.39 is 5.41 Å². The van der Waals surface area contributed by atoms with Gasteiger partial charge in [0.25, 0.3) is 0 Å². The van der Waals surface area contributed by atoms with E-state index in [0.29, 0.717) is 25.7 Å². The van der Waals surface area contributed by atoms with Crippen LogP contribution in [-0.4, -0.2) is 0 Å². The van der Waals surface area contributed by atoms with E-state index >= 15 is 0 Å². The number of hydrogen-bond acceptors (Lipinski definition) is 3. The van der Waals surface area contributed by atoms with Crippen LogP contribution in [-0.2, 0) is 0 Å². The normalized spacial score (nSPS) is 9.50. The Bertz CT molecular complexity index is 230. The van der Waals surface area contributed by atoms with Crippen LogP contribution >= 0.6 is 0 Å². The zero-order valence-corrected chi connectivity index (χ0v) is 7.17. The van der Waals surface area contributed by atoms with Crippen molar-refractivity contribution in [1.29, 1.82) is 15.8 Å². The molecule has 62 valence electrons. The molecule has 3 heteroatoms. The predicted octanol–water partition coefficient (Wildman–Crippen LogP) is 2.12. The Kier molecular flexibility index (Phi) is 4.51. The molecule has 0 aliphatic heterocycles. The number of nitrogens with zero attached hydrogens (tertiary/aromatic N) is 3. The molecule has 0 fully saturated rings. The lowest BCUT2D eigenvalue weighted by atomic mass is 9.83. The van der Waals surface area contributed by atoms with Gasteiger partial charge in [-0.05, 0) is 19.8 Å². The van der Waals surface area contributed by atoms with Gasteiger partial charge in [0, 0.05) is 12.8 Å². The smallest absolute Gasteiger partial charge is 0.0687 e. The molecule has 0 aromatic heterocycles. The lowest BCUT2D eigenvalue weighted by molar-refractivity contribution is 0.383. The van der Waals surface area contributed by atoms with E-state index in [1.54, 1.807) is 6.92 Å². The Balaban J connectivity index is 4.02. The standard InChI is InChI=1S/C9H11N3/c1-9(8-12,4-2-6-10)5-3-7-11/h2-5H2,1H3. The lowest BCUT2D eigenvalue weighted by Gasteiger charge is -2.17. The SMILES string of the molecule is CC(C#N)(CCC#N)CCC#N. The molecule has 0 aliphatic rings. The van der Waals surface area contributed by atoms with Gasteiger partial charge in [-0.3, -0.25) is 0 Å². The maximum atomic E-state index is 8.77. The highest BCUT2D eigenvalue weighted by molar-refractivity contribution is 4.98. The van der Waals surface area contributed by atoms with E-state index in [9.17, 15) is 0 Å². The van der Waals surface area contributed by atoms with Gasteiger partial charge in [0.05, 0.1) is 23.6 Å². The fraction of sp³-hybridized carbons (Fsp3) is 0.667. The Labute approximate surface area is 72.8 Å². The summed E-state index contributed by atoms with van der Waals surface area (Å²) in [6, 6.07) is 6.15. The Morgan fingerprint density at radius 1 is 1.00 bits per heavy atom. The minimum atomic E-state index is -0.495. The number of hydrogen-bond donors (Lipinski definition) is 0. The Morgan fingerprint density at radius 2 is 1.42 bits per heavy atom. The van der Waals surface area contributed by atoms with Gasteiger partial charge in [0.2, 0.25) is 0 Å². The minimum absolute atomic E-state index is 0.384. The topological polar surface area (TPSA) is 71.4 Å². The van der Waals surface area contributed by atoms with Gasteiger partial charge in [-0.25, -0.2) is 0 Å². The highest BCUT2D eigenvalue weighted by atomic mass is 14.4. The second-order valence-corrected chi connectivity index (χ2v) is 2.99. The third-order valence-corrected chi connectivity index (χ3v) is 1.85. The van der Waals surface area contributed by atoms with Crippen molar-refractivity contribution in [3.63, 3.8) is 0 Å². The summed E-state index contributed by atoms with van der Waals surface area (Å²) in [6.07, 6.45) is 1.88. The molecular weight excluding hydrogens is 150 g/mol. The molecule has 0 N–H and O–H groups in total. The summed E-state index contributed by atoms with van der Waals surface area (Å²) >= 11 is 0. The first-order valence-corrected chi connectivity index (χ1v) is 3.84. The molecule has 0 amide bonds. The number of rotatable bonds is 4. The molecule has 0 unspecified atom stereocenters. The van der Waals surface area contributed by atoms with Crippen LogP contribution in [0.2, 0.25) is 0 Å². The van der Waals surface area contributed by atoms with Crippen LogP contribution in [0, 0.1) is 39.4 Å². The van der Waals surface area contributed by atoms with E-state index in [1.807, 2.05) is 12.1 Å². The predicted molar refractivity (Wildman–Crippen MR) is 43.4 cm³/mol. The number of nitriles is 3. The fourth-order valence-electron chi connectivity index (χ4n) is 0.900. The van der Waals surface area contributed by atoms with Crippen molar-refractivity contribution in [2.75, 3.05) is 0 Å². The van der Waals surface area contributed by atoms with E-state index in [0.717, 1.165) is 0 Å². The van der Waals surface area contributed by atoms with Crippen LogP contribution < -0.4 is 0 Å². The van der Waals surface area contributed by atoms with Gasteiger partial charge >= 0.3 is 0 Å². The van der Waals surface area contributed by atoms with Gasteiger partial charge < -0.3 is 0 Å². The maximum absolute atomic E-state index is 8.77. The van der Waals surface area contributed by atoms with Crippen molar-refractivity contribution >= 4 is 0 Å². The average molecular weight is 161 g/mol. The third-order valence-electron chi connectivity index (χ3n) is 1.85. The largest absolute Gasteiger partial charge is 0.198 e.